The Morgan fingerprint density at radius 1 is 1.17 bits per heavy atom. The van der Waals surface area contributed by atoms with E-state index in [-0.39, 0.29) is 11.8 Å². The Balaban J connectivity index is 1.49. The minimum atomic E-state index is -0.200. The van der Waals surface area contributed by atoms with Crippen molar-refractivity contribution in [2.24, 2.45) is 0 Å². The summed E-state index contributed by atoms with van der Waals surface area (Å²) in [5.41, 5.74) is 4.14. The molecule has 0 radical (unpaired) electrons. The number of amides is 1. The van der Waals surface area contributed by atoms with Gasteiger partial charge in [0.1, 0.15) is 0 Å². The number of benzene rings is 1. The van der Waals surface area contributed by atoms with E-state index in [9.17, 15) is 4.79 Å². The molecule has 0 aliphatic heterocycles. The van der Waals surface area contributed by atoms with Crippen molar-refractivity contribution in [3.05, 3.63) is 59.7 Å². The van der Waals surface area contributed by atoms with Crippen LogP contribution in [-0.4, -0.2) is 31.0 Å². The van der Waals surface area contributed by atoms with Crippen molar-refractivity contribution in [2.75, 3.05) is 5.32 Å². The van der Waals surface area contributed by atoms with Crippen LogP contribution < -0.4 is 5.32 Å². The fourth-order valence-corrected chi connectivity index (χ4v) is 3.38. The molecule has 0 atom stereocenters. The first-order valence-electron chi connectivity index (χ1n) is 9.68. The quantitative estimate of drug-likeness (QED) is 0.554. The number of carbonyl (C=O) groups is 1. The Labute approximate surface area is 166 Å². The molecule has 1 aliphatic rings. The lowest BCUT2D eigenvalue weighted by Gasteiger charge is -2.10. The summed E-state index contributed by atoms with van der Waals surface area (Å²) in [5, 5.41) is 16.1. The third-order valence-corrected chi connectivity index (χ3v) is 5.05. The first kappa shape index (κ1) is 17.5. The van der Waals surface area contributed by atoms with Crippen LogP contribution >= 0.6 is 0 Å². The number of rotatable bonds is 5. The van der Waals surface area contributed by atoms with Gasteiger partial charge in [-0.05, 0) is 49.1 Å². The second-order valence-electron chi connectivity index (χ2n) is 7.59. The summed E-state index contributed by atoms with van der Waals surface area (Å²) >= 11 is 0. The predicted octanol–water partition coefficient (Wildman–Crippen LogP) is 4.06. The summed E-state index contributed by atoms with van der Waals surface area (Å²) in [5.74, 6) is 0.325. The van der Waals surface area contributed by atoms with Crippen LogP contribution in [0.2, 0.25) is 0 Å². The van der Waals surface area contributed by atoms with E-state index >= 15 is 0 Å². The van der Waals surface area contributed by atoms with Crippen molar-refractivity contribution < 1.29 is 9.32 Å². The number of aromatic nitrogens is 5. The van der Waals surface area contributed by atoms with Gasteiger partial charge in [0.2, 0.25) is 0 Å². The minimum absolute atomic E-state index is 0.122. The molecule has 1 amide bonds. The highest BCUT2D eigenvalue weighted by Crippen LogP contribution is 2.41. The molecule has 1 aromatic carbocycles. The molecule has 0 bridgehead atoms. The Kier molecular flexibility index (Phi) is 4.12. The van der Waals surface area contributed by atoms with E-state index in [2.05, 4.69) is 25.7 Å². The minimum Gasteiger partial charge on any atom is -0.335 e. The van der Waals surface area contributed by atoms with Gasteiger partial charge in [0.25, 0.3) is 11.6 Å². The van der Waals surface area contributed by atoms with E-state index in [1.807, 2.05) is 44.2 Å². The number of nitrogens with zero attached hydrogens (tertiary/aromatic N) is 5. The largest absolute Gasteiger partial charge is 0.335 e. The zero-order valence-corrected chi connectivity index (χ0v) is 16.2. The summed E-state index contributed by atoms with van der Waals surface area (Å²) in [6.07, 6.45) is 5.42. The summed E-state index contributed by atoms with van der Waals surface area (Å²) in [6.45, 7) is 4.05. The molecule has 0 spiro atoms. The maximum atomic E-state index is 13.2. The highest BCUT2D eigenvalue weighted by Gasteiger charge is 2.29. The van der Waals surface area contributed by atoms with Crippen LogP contribution in [0.1, 0.15) is 60.3 Å². The molecule has 1 aliphatic carbocycles. The van der Waals surface area contributed by atoms with Gasteiger partial charge in [0.05, 0.1) is 34.7 Å². The van der Waals surface area contributed by atoms with Crippen LogP contribution in [0.15, 0.2) is 47.2 Å². The van der Waals surface area contributed by atoms with E-state index in [0.29, 0.717) is 28.3 Å². The van der Waals surface area contributed by atoms with Gasteiger partial charge in [-0.25, -0.2) is 4.98 Å². The van der Waals surface area contributed by atoms with Crippen LogP contribution in [0, 0.1) is 0 Å². The molecule has 1 saturated carbocycles. The maximum absolute atomic E-state index is 13.2. The summed E-state index contributed by atoms with van der Waals surface area (Å²) in [6, 6.07) is 9.25. The molecule has 1 fully saturated rings. The van der Waals surface area contributed by atoms with Gasteiger partial charge in [-0.15, -0.1) is 0 Å². The van der Waals surface area contributed by atoms with Gasteiger partial charge in [-0.2, -0.15) is 15.0 Å². The molecule has 29 heavy (non-hydrogen) atoms. The maximum Gasteiger partial charge on any atom is 0.259 e. The lowest BCUT2D eigenvalue weighted by molar-refractivity contribution is 0.102. The third kappa shape index (κ3) is 3.26. The van der Waals surface area contributed by atoms with E-state index < -0.39 is 0 Å². The number of anilines is 1. The lowest BCUT2D eigenvalue weighted by atomic mass is 10.0. The molecule has 5 rings (SSSR count). The Bertz CT molecular complexity index is 1170. The monoisotopic (exact) mass is 388 g/mol. The van der Waals surface area contributed by atoms with Crippen molar-refractivity contribution in [1.29, 1.82) is 0 Å². The summed E-state index contributed by atoms with van der Waals surface area (Å²) in [4.78, 5) is 19.3. The van der Waals surface area contributed by atoms with Crippen molar-refractivity contribution >= 4 is 22.7 Å². The Morgan fingerprint density at radius 3 is 2.55 bits per heavy atom. The van der Waals surface area contributed by atoms with Gasteiger partial charge in [0, 0.05) is 17.3 Å². The number of hydrogen-bond acceptors (Lipinski definition) is 6. The van der Waals surface area contributed by atoms with Gasteiger partial charge >= 0.3 is 0 Å². The highest BCUT2D eigenvalue weighted by atomic mass is 16.5. The molecule has 1 N–H and O–H groups in total. The molecule has 8 heteroatoms. The summed E-state index contributed by atoms with van der Waals surface area (Å²) in [7, 11) is 0. The molecule has 146 valence electrons. The SMILES string of the molecule is CC(C)c1noc2nc(C3CC3)cc(C(=O)Nc3ccc(-n4nccn4)cc3)c12. The number of fused-ring (bicyclic) bond motifs is 1. The fraction of sp³-hybridized carbons (Fsp3) is 0.286. The highest BCUT2D eigenvalue weighted by molar-refractivity contribution is 6.12. The average Bonchev–Trinajstić information content (AvgIpc) is 3.25. The number of hydrogen-bond donors (Lipinski definition) is 1. The predicted molar refractivity (Wildman–Crippen MR) is 107 cm³/mol. The van der Waals surface area contributed by atoms with E-state index in [4.69, 9.17) is 4.52 Å². The molecule has 8 nitrogen and oxygen atoms in total. The summed E-state index contributed by atoms with van der Waals surface area (Å²) < 4.78 is 5.47. The zero-order valence-electron chi connectivity index (χ0n) is 16.2. The van der Waals surface area contributed by atoms with E-state index in [0.717, 1.165) is 29.9 Å². The molecular weight excluding hydrogens is 368 g/mol. The van der Waals surface area contributed by atoms with Gasteiger partial charge in [-0.1, -0.05) is 19.0 Å². The Morgan fingerprint density at radius 2 is 1.90 bits per heavy atom. The molecule has 3 heterocycles. The van der Waals surface area contributed by atoms with E-state index in [1.54, 1.807) is 12.4 Å². The smallest absolute Gasteiger partial charge is 0.259 e. The number of carbonyl (C=O) groups excluding carboxylic acids is 1. The van der Waals surface area contributed by atoms with Gasteiger partial charge < -0.3 is 9.84 Å². The fourth-order valence-electron chi connectivity index (χ4n) is 3.38. The van der Waals surface area contributed by atoms with Crippen molar-refractivity contribution in [3.8, 4) is 5.69 Å². The topological polar surface area (TPSA) is 98.7 Å². The average molecular weight is 388 g/mol. The Hall–Kier alpha value is -3.55. The number of pyridine rings is 1. The molecule has 4 aromatic rings. The molecule has 3 aromatic heterocycles. The normalized spacial score (nSPS) is 13.9. The van der Waals surface area contributed by atoms with Crippen molar-refractivity contribution in [2.45, 2.75) is 38.5 Å². The number of nitrogens with one attached hydrogen (secondary N) is 1. The first-order chi connectivity index (χ1) is 14.1. The molecular formula is C21H20N6O2. The van der Waals surface area contributed by atoms with Crippen LogP contribution in [-0.2, 0) is 0 Å². The second-order valence-corrected chi connectivity index (χ2v) is 7.59. The first-order valence-corrected chi connectivity index (χ1v) is 9.68. The van der Waals surface area contributed by atoms with E-state index in [1.165, 1.54) is 4.80 Å². The van der Waals surface area contributed by atoms with Crippen LogP contribution in [0.5, 0.6) is 0 Å². The van der Waals surface area contributed by atoms with Crippen LogP contribution in [0.3, 0.4) is 0 Å². The van der Waals surface area contributed by atoms with Crippen LogP contribution in [0.25, 0.3) is 16.8 Å². The molecule has 0 unspecified atom stereocenters. The molecule has 0 saturated heterocycles. The van der Waals surface area contributed by atoms with Crippen molar-refractivity contribution in [1.82, 2.24) is 25.1 Å². The van der Waals surface area contributed by atoms with Gasteiger partial charge in [0.15, 0.2) is 0 Å². The third-order valence-electron chi connectivity index (χ3n) is 5.05. The lowest BCUT2D eigenvalue weighted by Crippen LogP contribution is -2.14. The second kappa shape index (κ2) is 6.80. The van der Waals surface area contributed by atoms with Gasteiger partial charge in [-0.3, -0.25) is 4.79 Å². The van der Waals surface area contributed by atoms with Crippen LogP contribution in [0.4, 0.5) is 5.69 Å². The van der Waals surface area contributed by atoms with Crippen molar-refractivity contribution in [3.63, 3.8) is 0 Å². The standard InChI is InChI=1S/C21H20N6O2/c1-12(2)19-18-16(11-17(13-3-4-13)25-21(18)29-26-19)20(28)24-14-5-7-15(8-6-14)27-22-9-10-23-27/h5-13H,3-4H2,1-2H3,(H,24,28). The zero-order chi connectivity index (χ0) is 20.0.